The number of nitriles is 1. The van der Waals surface area contributed by atoms with E-state index >= 15 is 0 Å². The van der Waals surface area contributed by atoms with Gasteiger partial charge in [0.2, 0.25) is 0 Å². The summed E-state index contributed by atoms with van der Waals surface area (Å²) in [7, 11) is 1.58. The van der Waals surface area contributed by atoms with Gasteiger partial charge in [-0.3, -0.25) is 4.79 Å². The Balaban J connectivity index is 1.87. The first-order valence-electron chi connectivity index (χ1n) is 7.92. The molecule has 0 atom stereocenters. The molecular weight excluding hydrogens is 344 g/mol. The SMILES string of the molecule is COc1cccc(NC(=O)c2ccccc2Sc2ccccc2C#N)c1. The molecule has 3 aromatic rings. The van der Waals surface area contributed by atoms with Crippen molar-refractivity contribution >= 4 is 23.4 Å². The van der Waals surface area contributed by atoms with Crippen LogP contribution in [0.5, 0.6) is 5.75 Å². The standard InChI is InChI=1S/C21H16N2O2S/c1-25-17-9-6-8-16(13-17)23-21(24)18-10-3-5-12-20(18)26-19-11-4-2-7-15(19)14-22/h2-13H,1H3,(H,23,24). The Hall–Kier alpha value is -3.23. The molecule has 0 radical (unpaired) electrons. The second kappa shape index (κ2) is 8.24. The van der Waals surface area contributed by atoms with E-state index in [-0.39, 0.29) is 5.91 Å². The summed E-state index contributed by atoms with van der Waals surface area (Å²) in [5.74, 6) is 0.462. The average molecular weight is 360 g/mol. The van der Waals surface area contributed by atoms with Gasteiger partial charge in [0.15, 0.2) is 0 Å². The molecule has 0 aromatic heterocycles. The highest BCUT2D eigenvalue weighted by molar-refractivity contribution is 7.99. The van der Waals surface area contributed by atoms with Crippen molar-refractivity contribution in [3.05, 3.63) is 83.9 Å². The fourth-order valence-electron chi connectivity index (χ4n) is 2.41. The van der Waals surface area contributed by atoms with Crippen LogP contribution in [-0.4, -0.2) is 13.0 Å². The van der Waals surface area contributed by atoms with E-state index in [2.05, 4.69) is 11.4 Å². The molecule has 0 unspecified atom stereocenters. The number of nitrogens with zero attached hydrogens (tertiary/aromatic N) is 1. The Morgan fingerprint density at radius 1 is 1.00 bits per heavy atom. The quantitative estimate of drug-likeness (QED) is 0.698. The molecule has 0 aliphatic heterocycles. The predicted octanol–water partition coefficient (Wildman–Crippen LogP) is 4.97. The van der Waals surface area contributed by atoms with E-state index in [1.807, 2.05) is 48.5 Å². The summed E-state index contributed by atoms with van der Waals surface area (Å²) in [5.41, 5.74) is 1.79. The fourth-order valence-corrected chi connectivity index (χ4v) is 3.43. The number of carbonyl (C=O) groups excluding carboxylic acids is 1. The van der Waals surface area contributed by atoms with E-state index in [4.69, 9.17) is 4.74 Å². The highest BCUT2D eigenvalue weighted by Gasteiger charge is 2.14. The van der Waals surface area contributed by atoms with E-state index in [0.29, 0.717) is 22.6 Å². The summed E-state index contributed by atoms with van der Waals surface area (Å²) in [4.78, 5) is 14.4. The number of carbonyl (C=O) groups is 1. The topological polar surface area (TPSA) is 62.1 Å². The number of benzene rings is 3. The van der Waals surface area contributed by atoms with Gasteiger partial charge in [-0.25, -0.2) is 0 Å². The van der Waals surface area contributed by atoms with Crippen molar-refractivity contribution in [1.82, 2.24) is 0 Å². The first-order chi connectivity index (χ1) is 12.7. The molecule has 26 heavy (non-hydrogen) atoms. The molecule has 0 fully saturated rings. The second-order valence-electron chi connectivity index (χ2n) is 5.39. The number of rotatable bonds is 5. The number of ether oxygens (including phenoxy) is 1. The van der Waals surface area contributed by atoms with Crippen molar-refractivity contribution in [3.63, 3.8) is 0 Å². The van der Waals surface area contributed by atoms with Crippen LogP contribution in [0, 0.1) is 11.3 Å². The zero-order valence-electron chi connectivity index (χ0n) is 14.1. The normalized spacial score (nSPS) is 10.0. The molecule has 0 spiro atoms. The van der Waals surface area contributed by atoms with Crippen LogP contribution in [0.25, 0.3) is 0 Å². The van der Waals surface area contributed by atoms with Gasteiger partial charge in [0.1, 0.15) is 11.8 Å². The van der Waals surface area contributed by atoms with Gasteiger partial charge in [-0.15, -0.1) is 0 Å². The van der Waals surface area contributed by atoms with E-state index in [1.54, 1.807) is 31.4 Å². The zero-order chi connectivity index (χ0) is 18.4. The molecule has 3 rings (SSSR count). The average Bonchev–Trinajstić information content (AvgIpc) is 2.69. The van der Waals surface area contributed by atoms with Crippen LogP contribution < -0.4 is 10.1 Å². The van der Waals surface area contributed by atoms with Crippen molar-refractivity contribution in [2.45, 2.75) is 9.79 Å². The summed E-state index contributed by atoms with van der Waals surface area (Å²) in [6.07, 6.45) is 0. The second-order valence-corrected chi connectivity index (χ2v) is 6.48. The van der Waals surface area contributed by atoms with Gasteiger partial charge in [-0.2, -0.15) is 5.26 Å². The molecule has 0 aliphatic carbocycles. The maximum Gasteiger partial charge on any atom is 0.256 e. The predicted molar refractivity (Wildman–Crippen MR) is 103 cm³/mol. The minimum atomic E-state index is -0.212. The van der Waals surface area contributed by atoms with Crippen LogP contribution in [0.2, 0.25) is 0 Å². The Morgan fingerprint density at radius 3 is 2.50 bits per heavy atom. The van der Waals surface area contributed by atoms with Crippen molar-refractivity contribution < 1.29 is 9.53 Å². The molecule has 0 saturated carbocycles. The fraction of sp³-hybridized carbons (Fsp3) is 0.0476. The highest BCUT2D eigenvalue weighted by Crippen LogP contribution is 2.33. The molecule has 0 heterocycles. The molecule has 0 bridgehead atoms. The lowest BCUT2D eigenvalue weighted by molar-refractivity contribution is 0.102. The number of amides is 1. The maximum absolute atomic E-state index is 12.7. The number of methoxy groups -OCH3 is 1. The largest absolute Gasteiger partial charge is 0.497 e. The molecule has 4 nitrogen and oxygen atoms in total. The lowest BCUT2D eigenvalue weighted by atomic mass is 10.2. The Bertz CT molecular complexity index is 979. The molecule has 1 N–H and O–H groups in total. The van der Waals surface area contributed by atoms with Gasteiger partial charge < -0.3 is 10.1 Å². The van der Waals surface area contributed by atoms with Crippen LogP contribution in [0.3, 0.4) is 0 Å². The van der Waals surface area contributed by atoms with E-state index in [0.717, 1.165) is 9.79 Å². The van der Waals surface area contributed by atoms with Crippen molar-refractivity contribution in [2.24, 2.45) is 0 Å². The summed E-state index contributed by atoms with van der Waals surface area (Å²) >= 11 is 1.40. The zero-order valence-corrected chi connectivity index (χ0v) is 14.9. The smallest absolute Gasteiger partial charge is 0.256 e. The van der Waals surface area contributed by atoms with E-state index in [9.17, 15) is 10.1 Å². The van der Waals surface area contributed by atoms with Crippen LogP contribution in [0.15, 0.2) is 82.6 Å². The van der Waals surface area contributed by atoms with Gasteiger partial charge in [0.05, 0.1) is 18.2 Å². The van der Waals surface area contributed by atoms with E-state index < -0.39 is 0 Å². The molecule has 1 amide bonds. The van der Waals surface area contributed by atoms with Gasteiger partial charge in [-0.05, 0) is 36.4 Å². The van der Waals surface area contributed by atoms with Crippen molar-refractivity contribution in [1.29, 1.82) is 5.26 Å². The molecule has 0 aliphatic rings. The molecular formula is C21H16N2O2S. The highest BCUT2D eigenvalue weighted by atomic mass is 32.2. The van der Waals surface area contributed by atoms with Crippen molar-refractivity contribution in [2.75, 3.05) is 12.4 Å². The van der Waals surface area contributed by atoms with Crippen LogP contribution in [0.1, 0.15) is 15.9 Å². The maximum atomic E-state index is 12.7. The summed E-state index contributed by atoms with van der Waals surface area (Å²) < 4.78 is 5.18. The van der Waals surface area contributed by atoms with Crippen LogP contribution >= 0.6 is 11.8 Å². The van der Waals surface area contributed by atoms with Gasteiger partial charge in [0.25, 0.3) is 5.91 Å². The summed E-state index contributed by atoms with van der Waals surface area (Å²) in [6.45, 7) is 0. The third kappa shape index (κ3) is 4.05. The number of hydrogen-bond acceptors (Lipinski definition) is 4. The molecule has 0 saturated heterocycles. The van der Waals surface area contributed by atoms with Gasteiger partial charge in [-0.1, -0.05) is 42.1 Å². The molecule has 3 aromatic carbocycles. The monoisotopic (exact) mass is 360 g/mol. The minimum Gasteiger partial charge on any atom is -0.497 e. The van der Waals surface area contributed by atoms with E-state index in [1.165, 1.54) is 11.8 Å². The number of anilines is 1. The summed E-state index contributed by atoms with van der Waals surface area (Å²) in [6, 6.07) is 24.1. The Morgan fingerprint density at radius 2 is 1.73 bits per heavy atom. The summed E-state index contributed by atoms with van der Waals surface area (Å²) in [5, 5.41) is 12.2. The van der Waals surface area contributed by atoms with Gasteiger partial charge >= 0.3 is 0 Å². The first-order valence-corrected chi connectivity index (χ1v) is 8.74. The molecule has 5 heteroatoms. The Kier molecular flexibility index (Phi) is 5.57. The third-order valence-corrected chi connectivity index (χ3v) is 4.84. The van der Waals surface area contributed by atoms with Crippen LogP contribution in [0.4, 0.5) is 5.69 Å². The lowest BCUT2D eigenvalue weighted by Gasteiger charge is -2.11. The number of nitrogens with one attached hydrogen (secondary N) is 1. The number of hydrogen-bond donors (Lipinski definition) is 1. The minimum absolute atomic E-state index is 0.212. The Labute approximate surface area is 156 Å². The molecule has 128 valence electrons. The van der Waals surface area contributed by atoms with Crippen LogP contribution in [-0.2, 0) is 0 Å². The third-order valence-electron chi connectivity index (χ3n) is 3.69. The van der Waals surface area contributed by atoms with Gasteiger partial charge in [0, 0.05) is 21.5 Å². The first kappa shape index (κ1) is 17.6. The van der Waals surface area contributed by atoms with Crippen molar-refractivity contribution in [3.8, 4) is 11.8 Å². The lowest BCUT2D eigenvalue weighted by Crippen LogP contribution is -2.13.